The Bertz CT molecular complexity index is 809. The molecule has 2 aliphatic rings. The van der Waals surface area contributed by atoms with E-state index in [-0.39, 0.29) is 5.91 Å². The molecule has 4 nitrogen and oxygen atoms in total. The van der Waals surface area contributed by atoms with Gasteiger partial charge in [0.05, 0.1) is 26.2 Å². The Labute approximate surface area is 156 Å². The van der Waals surface area contributed by atoms with Gasteiger partial charge in [0.1, 0.15) is 0 Å². The maximum Gasteiger partial charge on any atom is 0.282 e. The Balaban J connectivity index is 1.36. The maximum absolute atomic E-state index is 12.8. The molecule has 1 amide bonds. The number of amides is 1. The SMILES string of the molecule is Cc1cccc(N2CC[NH+](CC(=O)N3CCc4ccccc43)CC2)c1C. The highest BCUT2D eigenvalue weighted by Crippen LogP contribution is 2.27. The predicted molar refractivity (Wildman–Crippen MR) is 106 cm³/mol. The van der Waals surface area contributed by atoms with Gasteiger partial charge in [-0.05, 0) is 49.1 Å². The molecule has 2 aromatic carbocycles. The van der Waals surface area contributed by atoms with Gasteiger partial charge in [0, 0.05) is 17.9 Å². The molecular formula is C22H28N3O+. The highest BCUT2D eigenvalue weighted by Gasteiger charge is 2.29. The molecule has 0 atom stereocenters. The van der Waals surface area contributed by atoms with Crippen LogP contribution in [-0.2, 0) is 11.2 Å². The van der Waals surface area contributed by atoms with Gasteiger partial charge < -0.3 is 14.7 Å². The van der Waals surface area contributed by atoms with Gasteiger partial charge in [-0.25, -0.2) is 0 Å². The minimum absolute atomic E-state index is 0.269. The van der Waals surface area contributed by atoms with Crippen LogP contribution in [0.4, 0.5) is 11.4 Å². The number of quaternary nitrogens is 1. The molecule has 1 N–H and O–H groups in total. The van der Waals surface area contributed by atoms with E-state index in [1.54, 1.807) is 0 Å². The van der Waals surface area contributed by atoms with Crippen LogP contribution in [-0.4, -0.2) is 45.2 Å². The van der Waals surface area contributed by atoms with Crippen molar-refractivity contribution in [3.63, 3.8) is 0 Å². The van der Waals surface area contributed by atoms with E-state index in [4.69, 9.17) is 0 Å². The lowest BCUT2D eigenvalue weighted by Crippen LogP contribution is -3.16. The third-order valence-electron chi connectivity index (χ3n) is 5.98. The summed E-state index contributed by atoms with van der Waals surface area (Å²) in [6.45, 7) is 9.90. The number of aryl methyl sites for hydroxylation is 1. The Morgan fingerprint density at radius 1 is 0.962 bits per heavy atom. The molecule has 0 spiro atoms. The monoisotopic (exact) mass is 350 g/mol. The average Bonchev–Trinajstić information content (AvgIpc) is 3.09. The van der Waals surface area contributed by atoms with Crippen LogP contribution in [0, 0.1) is 13.8 Å². The van der Waals surface area contributed by atoms with Crippen LogP contribution in [0.2, 0.25) is 0 Å². The average molecular weight is 350 g/mol. The molecular weight excluding hydrogens is 322 g/mol. The molecule has 0 saturated carbocycles. The molecule has 0 radical (unpaired) electrons. The molecule has 0 bridgehead atoms. The summed E-state index contributed by atoms with van der Waals surface area (Å²) in [5.41, 5.74) is 6.49. The third-order valence-corrected chi connectivity index (χ3v) is 5.98. The van der Waals surface area contributed by atoms with Crippen LogP contribution >= 0.6 is 0 Å². The van der Waals surface area contributed by atoms with Crippen LogP contribution in [0.15, 0.2) is 42.5 Å². The van der Waals surface area contributed by atoms with E-state index in [2.05, 4.69) is 55.1 Å². The minimum Gasteiger partial charge on any atom is -0.360 e. The predicted octanol–water partition coefficient (Wildman–Crippen LogP) is 1.60. The molecule has 1 saturated heterocycles. The molecule has 4 rings (SSSR count). The lowest BCUT2D eigenvalue weighted by Gasteiger charge is -2.35. The summed E-state index contributed by atoms with van der Waals surface area (Å²) in [5.74, 6) is 0.269. The van der Waals surface area contributed by atoms with Gasteiger partial charge in [-0.3, -0.25) is 4.79 Å². The number of piperazine rings is 1. The van der Waals surface area contributed by atoms with Crippen LogP contribution in [0.3, 0.4) is 0 Å². The Morgan fingerprint density at radius 3 is 2.50 bits per heavy atom. The zero-order valence-corrected chi connectivity index (χ0v) is 15.8. The van der Waals surface area contributed by atoms with E-state index in [9.17, 15) is 4.79 Å². The summed E-state index contributed by atoms with van der Waals surface area (Å²) in [6, 6.07) is 14.8. The van der Waals surface area contributed by atoms with Crippen molar-refractivity contribution in [1.29, 1.82) is 0 Å². The number of fused-ring (bicyclic) bond motifs is 1. The number of benzene rings is 2. The lowest BCUT2D eigenvalue weighted by molar-refractivity contribution is -0.892. The second kappa shape index (κ2) is 7.12. The van der Waals surface area contributed by atoms with E-state index in [1.807, 2.05) is 11.0 Å². The number of nitrogens with one attached hydrogen (secondary N) is 1. The largest absolute Gasteiger partial charge is 0.360 e. The van der Waals surface area contributed by atoms with Gasteiger partial charge in [0.2, 0.25) is 0 Å². The fourth-order valence-electron chi connectivity index (χ4n) is 4.23. The van der Waals surface area contributed by atoms with Crippen molar-refractivity contribution in [3.8, 4) is 0 Å². The number of carbonyl (C=O) groups excluding carboxylic acids is 1. The van der Waals surface area contributed by atoms with E-state index >= 15 is 0 Å². The number of hydrogen-bond acceptors (Lipinski definition) is 2. The van der Waals surface area contributed by atoms with Gasteiger partial charge in [0.15, 0.2) is 6.54 Å². The Morgan fingerprint density at radius 2 is 1.69 bits per heavy atom. The first-order valence-corrected chi connectivity index (χ1v) is 9.66. The summed E-state index contributed by atoms with van der Waals surface area (Å²) in [5, 5.41) is 0. The summed E-state index contributed by atoms with van der Waals surface area (Å²) in [7, 11) is 0. The molecule has 0 aromatic heterocycles. The summed E-state index contributed by atoms with van der Waals surface area (Å²) in [6.07, 6.45) is 0.984. The van der Waals surface area contributed by atoms with Crippen molar-refractivity contribution in [2.75, 3.05) is 49.1 Å². The first kappa shape index (κ1) is 17.1. The maximum atomic E-state index is 12.8. The van der Waals surface area contributed by atoms with E-state index < -0.39 is 0 Å². The normalized spacial score (nSPS) is 17.5. The van der Waals surface area contributed by atoms with Crippen molar-refractivity contribution in [2.24, 2.45) is 0 Å². The van der Waals surface area contributed by atoms with Gasteiger partial charge in [-0.2, -0.15) is 0 Å². The molecule has 0 unspecified atom stereocenters. The number of carbonyl (C=O) groups is 1. The van der Waals surface area contributed by atoms with Crippen LogP contribution in [0.1, 0.15) is 16.7 Å². The fraction of sp³-hybridized carbons (Fsp3) is 0.409. The second-order valence-corrected chi connectivity index (χ2v) is 7.56. The molecule has 2 aromatic rings. The number of anilines is 2. The highest BCUT2D eigenvalue weighted by atomic mass is 16.2. The summed E-state index contributed by atoms with van der Waals surface area (Å²) >= 11 is 0. The van der Waals surface area contributed by atoms with Crippen LogP contribution in [0.5, 0.6) is 0 Å². The first-order chi connectivity index (χ1) is 12.6. The van der Waals surface area contributed by atoms with Crippen LogP contribution in [0.25, 0.3) is 0 Å². The van der Waals surface area contributed by atoms with Crippen molar-refractivity contribution in [1.82, 2.24) is 0 Å². The molecule has 0 aliphatic carbocycles. The quantitative estimate of drug-likeness (QED) is 0.911. The topological polar surface area (TPSA) is 28.0 Å². The van der Waals surface area contributed by atoms with Crippen molar-refractivity contribution in [3.05, 3.63) is 59.2 Å². The Kier molecular flexibility index (Phi) is 4.68. The van der Waals surface area contributed by atoms with E-state index in [0.717, 1.165) is 44.8 Å². The zero-order chi connectivity index (χ0) is 18.1. The smallest absolute Gasteiger partial charge is 0.282 e. The molecule has 2 aliphatic heterocycles. The number of para-hydroxylation sites is 1. The van der Waals surface area contributed by atoms with Crippen molar-refractivity contribution in [2.45, 2.75) is 20.3 Å². The third kappa shape index (κ3) is 3.21. The number of nitrogens with zero attached hydrogens (tertiary/aromatic N) is 2. The Hall–Kier alpha value is -2.33. The molecule has 4 heteroatoms. The van der Waals surface area contributed by atoms with E-state index in [0.29, 0.717) is 6.54 Å². The number of hydrogen-bond donors (Lipinski definition) is 1. The first-order valence-electron chi connectivity index (χ1n) is 9.66. The zero-order valence-electron chi connectivity index (χ0n) is 15.8. The standard InChI is InChI=1S/C22H27N3O/c1-17-6-5-9-20(18(17)2)24-14-12-23(13-15-24)16-22(26)25-11-10-19-7-3-4-8-21(19)25/h3-9H,10-16H2,1-2H3/p+1. The summed E-state index contributed by atoms with van der Waals surface area (Å²) in [4.78, 5) is 18.7. The van der Waals surface area contributed by atoms with Crippen molar-refractivity contribution < 1.29 is 9.69 Å². The molecule has 1 fully saturated rings. The summed E-state index contributed by atoms with van der Waals surface area (Å²) < 4.78 is 0. The molecule has 136 valence electrons. The van der Waals surface area contributed by atoms with Gasteiger partial charge >= 0.3 is 0 Å². The highest BCUT2D eigenvalue weighted by molar-refractivity contribution is 5.96. The second-order valence-electron chi connectivity index (χ2n) is 7.56. The molecule has 26 heavy (non-hydrogen) atoms. The molecule has 2 heterocycles. The number of rotatable bonds is 3. The van der Waals surface area contributed by atoms with E-state index in [1.165, 1.54) is 27.3 Å². The van der Waals surface area contributed by atoms with Gasteiger partial charge in [-0.1, -0.05) is 30.3 Å². The lowest BCUT2D eigenvalue weighted by atomic mass is 10.1. The van der Waals surface area contributed by atoms with Gasteiger partial charge in [0.25, 0.3) is 5.91 Å². The van der Waals surface area contributed by atoms with Crippen molar-refractivity contribution >= 4 is 17.3 Å². The van der Waals surface area contributed by atoms with Crippen LogP contribution < -0.4 is 14.7 Å². The minimum atomic E-state index is 0.269. The fourth-order valence-corrected chi connectivity index (χ4v) is 4.23. The van der Waals surface area contributed by atoms with Gasteiger partial charge in [-0.15, -0.1) is 0 Å².